The van der Waals surface area contributed by atoms with Crippen LogP contribution in [-0.4, -0.2) is 17.6 Å². The number of amides is 2. The van der Waals surface area contributed by atoms with Crippen LogP contribution in [-0.2, 0) is 0 Å². The third kappa shape index (κ3) is 4.93. The Morgan fingerprint density at radius 3 is 1.76 bits per heavy atom. The van der Waals surface area contributed by atoms with Crippen LogP contribution in [0.5, 0.6) is 0 Å². The number of Topliss-reactive ketones (excluding diaryl/α,β-unsaturated/α-hetero) is 1. The molecule has 0 spiro atoms. The van der Waals surface area contributed by atoms with E-state index in [1.165, 1.54) is 6.92 Å². The van der Waals surface area contributed by atoms with Crippen molar-refractivity contribution in [2.75, 3.05) is 10.6 Å². The summed E-state index contributed by atoms with van der Waals surface area (Å²) in [5.74, 6) is -0.711. The molecule has 0 bridgehead atoms. The van der Waals surface area contributed by atoms with Crippen molar-refractivity contribution in [2.24, 2.45) is 0 Å². The quantitative estimate of drug-likeness (QED) is 0.643. The third-order valence-corrected chi connectivity index (χ3v) is 4.21. The second-order valence-corrected chi connectivity index (χ2v) is 6.31. The van der Waals surface area contributed by atoms with Crippen LogP contribution >= 0.6 is 0 Å². The maximum absolute atomic E-state index is 12.4. The smallest absolute Gasteiger partial charge is 0.255 e. The number of nitrogens with one attached hydrogen (secondary N) is 2. The summed E-state index contributed by atoms with van der Waals surface area (Å²) >= 11 is 0. The molecule has 3 aromatic rings. The van der Waals surface area contributed by atoms with Gasteiger partial charge >= 0.3 is 0 Å². The second-order valence-electron chi connectivity index (χ2n) is 6.31. The number of rotatable bonds is 5. The van der Waals surface area contributed by atoms with E-state index in [0.29, 0.717) is 33.6 Å². The van der Waals surface area contributed by atoms with Gasteiger partial charge in [0.25, 0.3) is 11.8 Å². The predicted molar refractivity (Wildman–Crippen MR) is 110 cm³/mol. The van der Waals surface area contributed by atoms with Crippen molar-refractivity contribution in [3.05, 3.63) is 95.1 Å². The highest BCUT2D eigenvalue weighted by atomic mass is 16.2. The first-order valence-electron chi connectivity index (χ1n) is 8.80. The van der Waals surface area contributed by atoms with Gasteiger partial charge in [-0.1, -0.05) is 6.07 Å². The Morgan fingerprint density at radius 1 is 0.724 bits per heavy atom. The Balaban J connectivity index is 1.65. The van der Waals surface area contributed by atoms with E-state index < -0.39 is 0 Å². The number of carbonyl (C=O) groups is 3. The molecular weight excluding hydrogens is 366 g/mol. The first-order valence-corrected chi connectivity index (χ1v) is 8.80. The van der Waals surface area contributed by atoms with E-state index in [9.17, 15) is 14.4 Å². The fourth-order valence-electron chi connectivity index (χ4n) is 2.63. The molecule has 0 atom stereocenters. The Hall–Kier alpha value is -4.24. The van der Waals surface area contributed by atoms with Crippen molar-refractivity contribution in [3.8, 4) is 6.07 Å². The highest BCUT2D eigenvalue weighted by Gasteiger charge is 2.10. The van der Waals surface area contributed by atoms with Gasteiger partial charge in [0.1, 0.15) is 0 Å². The average Bonchev–Trinajstić information content (AvgIpc) is 2.74. The zero-order chi connectivity index (χ0) is 20.8. The highest BCUT2D eigenvalue weighted by Crippen LogP contribution is 2.14. The van der Waals surface area contributed by atoms with Gasteiger partial charge in [0, 0.05) is 28.1 Å². The average molecular weight is 383 g/mol. The molecule has 2 N–H and O–H groups in total. The molecule has 0 saturated heterocycles. The number of hydrogen-bond acceptors (Lipinski definition) is 4. The number of ketones is 1. The Labute approximate surface area is 167 Å². The molecule has 0 heterocycles. The van der Waals surface area contributed by atoms with Gasteiger partial charge < -0.3 is 10.6 Å². The number of benzene rings is 3. The van der Waals surface area contributed by atoms with E-state index in [1.54, 1.807) is 72.8 Å². The Kier molecular flexibility index (Phi) is 5.81. The first-order chi connectivity index (χ1) is 14.0. The lowest BCUT2D eigenvalue weighted by Gasteiger charge is -2.08. The Morgan fingerprint density at radius 2 is 1.24 bits per heavy atom. The molecule has 6 nitrogen and oxygen atoms in total. The summed E-state index contributed by atoms with van der Waals surface area (Å²) in [7, 11) is 0. The molecule has 0 saturated carbocycles. The van der Waals surface area contributed by atoms with Crippen LogP contribution < -0.4 is 10.6 Å². The number of hydrogen-bond donors (Lipinski definition) is 2. The predicted octanol–water partition coefficient (Wildman–Crippen LogP) is 4.27. The van der Waals surface area contributed by atoms with E-state index in [1.807, 2.05) is 6.07 Å². The van der Waals surface area contributed by atoms with Gasteiger partial charge in [0.05, 0.1) is 11.6 Å². The molecule has 142 valence electrons. The lowest BCUT2D eigenvalue weighted by molar-refractivity contribution is 0.101. The van der Waals surface area contributed by atoms with Crippen molar-refractivity contribution in [1.82, 2.24) is 0 Å². The minimum absolute atomic E-state index is 0.0453. The molecule has 0 aliphatic heterocycles. The molecule has 0 radical (unpaired) electrons. The van der Waals surface area contributed by atoms with E-state index in [-0.39, 0.29) is 17.6 Å². The minimum atomic E-state index is -0.341. The van der Waals surface area contributed by atoms with E-state index in [0.717, 1.165) is 0 Å². The lowest BCUT2D eigenvalue weighted by Crippen LogP contribution is -2.14. The van der Waals surface area contributed by atoms with Crippen molar-refractivity contribution in [2.45, 2.75) is 6.92 Å². The summed E-state index contributed by atoms with van der Waals surface area (Å²) in [5, 5.41) is 14.4. The summed E-state index contributed by atoms with van der Waals surface area (Å²) in [6, 6.07) is 21.4. The van der Waals surface area contributed by atoms with Gasteiger partial charge in [0.2, 0.25) is 0 Å². The largest absolute Gasteiger partial charge is 0.322 e. The number of anilines is 2. The molecule has 2 amide bonds. The maximum Gasteiger partial charge on any atom is 0.255 e. The SMILES string of the molecule is CC(=O)c1ccc(NC(=O)c2ccc(C(=O)Nc3cccc(C#N)c3)cc2)cc1. The topological polar surface area (TPSA) is 99.1 Å². The van der Waals surface area contributed by atoms with Crippen molar-refractivity contribution in [3.63, 3.8) is 0 Å². The number of nitrogens with zero attached hydrogens (tertiary/aromatic N) is 1. The van der Waals surface area contributed by atoms with Crippen LogP contribution in [0.2, 0.25) is 0 Å². The molecule has 0 aliphatic rings. The summed E-state index contributed by atoms with van der Waals surface area (Å²) in [6.45, 7) is 1.48. The lowest BCUT2D eigenvalue weighted by atomic mass is 10.1. The fraction of sp³-hybridized carbons (Fsp3) is 0.0435. The van der Waals surface area contributed by atoms with E-state index >= 15 is 0 Å². The number of nitriles is 1. The van der Waals surface area contributed by atoms with Crippen molar-refractivity contribution < 1.29 is 14.4 Å². The normalized spacial score (nSPS) is 9.93. The minimum Gasteiger partial charge on any atom is -0.322 e. The first kappa shape index (κ1) is 19.5. The summed E-state index contributed by atoms with van der Waals surface area (Å²) in [6.07, 6.45) is 0. The van der Waals surface area contributed by atoms with Gasteiger partial charge in [0.15, 0.2) is 5.78 Å². The second kappa shape index (κ2) is 8.63. The fourth-order valence-corrected chi connectivity index (χ4v) is 2.63. The molecule has 6 heteroatoms. The molecule has 0 aliphatic carbocycles. The molecule has 29 heavy (non-hydrogen) atoms. The van der Waals surface area contributed by atoms with Crippen LogP contribution in [0.1, 0.15) is 43.6 Å². The van der Waals surface area contributed by atoms with Gasteiger partial charge in [-0.2, -0.15) is 5.26 Å². The molecular formula is C23H17N3O3. The van der Waals surface area contributed by atoms with E-state index in [2.05, 4.69) is 10.6 Å². The monoisotopic (exact) mass is 383 g/mol. The van der Waals surface area contributed by atoms with Gasteiger partial charge in [-0.05, 0) is 73.7 Å². The van der Waals surface area contributed by atoms with Crippen LogP contribution in [0.4, 0.5) is 11.4 Å². The van der Waals surface area contributed by atoms with Crippen LogP contribution in [0.3, 0.4) is 0 Å². The van der Waals surface area contributed by atoms with Gasteiger partial charge in [-0.15, -0.1) is 0 Å². The van der Waals surface area contributed by atoms with Gasteiger partial charge in [-0.3, -0.25) is 14.4 Å². The van der Waals surface area contributed by atoms with Crippen LogP contribution in [0.25, 0.3) is 0 Å². The van der Waals surface area contributed by atoms with E-state index in [4.69, 9.17) is 5.26 Å². The van der Waals surface area contributed by atoms with Crippen molar-refractivity contribution >= 4 is 29.0 Å². The molecule has 0 unspecified atom stereocenters. The Bertz CT molecular complexity index is 1110. The van der Waals surface area contributed by atoms with Crippen LogP contribution in [0, 0.1) is 11.3 Å². The molecule has 3 rings (SSSR count). The summed E-state index contributed by atoms with van der Waals surface area (Å²) in [4.78, 5) is 36.0. The van der Waals surface area contributed by atoms with Crippen LogP contribution in [0.15, 0.2) is 72.8 Å². The van der Waals surface area contributed by atoms with Gasteiger partial charge in [-0.25, -0.2) is 0 Å². The third-order valence-electron chi connectivity index (χ3n) is 4.21. The van der Waals surface area contributed by atoms with Crippen molar-refractivity contribution in [1.29, 1.82) is 5.26 Å². The standard InChI is InChI=1S/C23H17N3O3/c1-15(27)17-9-11-20(12-10-17)25-22(28)18-5-7-19(8-6-18)23(29)26-21-4-2-3-16(13-21)14-24/h2-13H,1H3,(H,25,28)(H,26,29). The number of carbonyl (C=O) groups excluding carboxylic acids is 3. The summed E-state index contributed by atoms with van der Waals surface area (Å²) in [5.41, 5.74) is 2.88. The zero-order valence-corrected chi connectivity index (χ0v) is 15.6. The molecule has 3 aromatic carbocycles. The molecule has 0 fully saturated rings. The zero-order valence-electron chi connectivity index (χ0n) is 15.6. The maximum atomic E-state index is 12.4. The summed E-state index contributed by atoms with van der Waals surface area (Å²) < 4.78 is 0. The molecule has 0 aromatic heterocycles. The highest BCUT2D eigenvalue weighted by molar-refractivity contribution is 6.07.